The van der Waals surface area contributed by atoms with Crippen molar-refractivity contribution in [1.82, 2.24) is 19.9 Å². The minimum atomic E-state index is -0.258. The summed E-state index contributed by atoms with van der Waals surface area (Å²) in [6, 6.07) is 15.9. The molecule has 0 aliphatic rings. The van der Waals surface area contributed by atoms with E-state index in [-0.39, 0.29) is 12.0 Å². The van der Waals surface area contributed by atoms with Crippen molar-refractivity contribution in [2.24, 2.45) is 0 Å². The summed E-state index contributed by atoms with van der Waals surface area (Å²) < 4.78 is 7.39. The van der Waals surface area contributed by atoms with Crippen LogP contribution in [-0.2, 0) is 4.74 Å². The maximum Gasteiger partial charge on any atom is 0.257 e. The van der Waals surface area contributed by atoms with Crippen LogP contribution in [-0.4, -0.2) is 39.7 Å². The lowest BCUT2D eigenvalue weighted by Crippen LogP contribution is -2.26. The average molecular weight is 460 g/mol. The molecule has 0 saturated heterocycles. The van der Waals surface area contributed by atoms with Crippen molar-refractivity contribution in [2.75, 3.05) is 18.9 Å². The Bertz CT molecular complexity index is 1290. The van der Waals surface area contributed by atoms with Crippen molar-refractivity contribution in [2.45, 2.75) is 52.6 Å². The predicted octanol–water partition coefficient (Wildman–Crippen LogP) is 5.21. The summed E-state index contributed by atoms with van der Waals surface area (Å²) in [5.74, 6) is 0.543. The van der Waals surface area contributed by atoms with Crippen molar-refractivity contribution >= 4 is 33.9 Å². The van der Waals surface area contributed by atoms with Crippen LogP contribution in [0.3, 0.4) is 0 Å². The first-order chi connectivity index (χ1) is 16.4. The molecule has 2 aromatic heterocycles. The van der Waals surface area contributed by atoms with E-state index in [1.807, 2.05) is 54.8 Å². The number of nitrogens with zero attached hydrogens (tertiary/aromatic N) is 3. The third-order valence-corrected chi connectivity index (χ3v) is 6.12. The Balaban J connectivity index is 1.76. The zero-order chi connectivity index (χ0) is 24.2. The standard InChI is InChI=1S/C27H33N5O2/c1-5-18(4)19-11-13-20(14-12-19)32-25(28)23(27(33)29-15-8-16-34-17(2)3)24-26(32)31-22-10-7-6-9-21(22)30-24/h6-7,9-14,17-18H,5,8,15-16,28H2,1-4H3,(H,29,33)/t18-/m1/s1. The molecule has 4 rings (SSSR count). The third kappa shape index (κ3) is 4.75. The van der Waals surface area contributed by atoms with Crippen molar-refractivity contribution < 1.29 is 9.53 Å². The largest absolute Gasteiger partial charge is 0.384 e. The molecule has 1 amide bonds. The van der Waals surface area contributed by atoms with Crippen LogP contribution in [0.1, 0.15) is 62.4 Å². The molecule has 0 aliphatic heterocycles. The molecule has 7 nitrogen and oxygen atoms in total. The van der Waals surface area contributed by atoms with E-state index < -0.39 is 0 Å². The number of rotatable bonds is 9. The van der Waals surface area contributed by atoms with E-state index in [9.17, 15) is 4.79 Å². The molecule has 0 bridgehead atoms. The average Bonchev–Trinajstić information content (AvgIpc) is 3.12. The van der Waals surface area contributed by atoms with Crippen LogP contribution in [0.5, 0.6) is 0 Å². The van der Waals surface area contributed by atoms with Gasteiger partial charge in [-0.1, -0.05) is 38.1 Å². The lowest BCUT2D eigenvalue weighted by molar-refractivity contribution is 0.0757. The second-order valence-corrected chi connectivity index (χ2v) is 8.91. The minimum Gasteiger partial charge on any atom is -0.384 e. The number of ether oxygens (including phenoxy) is 1. The lowest BCUT2D eigenvalue weighted by Gasteiger charge is -2.12. The van der Waals surface area contributed by atoms with Crippen LogP contribution in [0, 0.1) is 0 Å². The van der Waals surface area contributed by atoms with Gasteiger partial charge < -0.3 is 15.8 Å². The first-order valence-corrected chi connectivity index (χ1v) is 12.0. The van der Waals surface area contributed by atoms with Gasteiger partial charge in [-0.3, -0.25) is 9.36 Å². The Morgan fingerprint density at radius 2 is 1.74 bits per heavy atom. The summed E-state index contributed by atoms with van der Waals surface area (Å²) in [6.07, 6.45) is 1.95. The van der Waals surface area contributed by atoms with E-state index in [4.69, 9.17) is 20.4 Å². The van der Waals surface area contributed by atoms with E-state index in [1.165, 1.54) is 5.56 Å². The quantitative estimate of drug-likeness (QED) is 0.335. The van der Waals surface area contributed by atoms with E-state index in [2.05, 4.69) is 31.3 Å². The number of nitrogen functional groups attached to an aromatic ring is 1. The number of nitrogens with two attached hydrogens (primary N) is 1. The summed E-state index contributed by atoms with van der Waals surface area (Å²) in [5.41, 5.74) is 11.6. The highest BCUT2D eigenvalue weighted by Crippen LogP contribution is 2.31. The number of para-hydroxylation sites is 2. The highest BCUT2D eigenvalue weighted by Gasteiger charge is 2.24. The van der Waals surface area contributed by atoms with Gasteiger partial charge in [0.15, 0.2) is 5.65 Å². The van der Waals surface area contributed by atoms with Crippen LogP contribution in [0.25, 0.3) is 27.9 Å². The number of benzene rings is 2. The first-order valence-electron chi connectivity index (χ1n) is 12.0. The van der Waals surface area contributed by atoms with Crippen LogP contribution < -0.4 is 11.1 Å². The van der Waals surface area contributed by atoms with Crippen molar-refractivity contribution in [3.05, 3.63) is 59.7 Å². The number of hydrogen-bond donors (Lipinski definition) is 2. The summed E-state index contributed by atoms with van der Waals surface area (Å²) in [7, 11) is 0. The molecule has 7 heteroatoms. The second kappa shape index (κ2) is 10.2. The highest BCUT2D eigenvalue weighted by molar-refractivity contribution is 6.11. The number of carbonyl (C=O) groups is 1. The second-order valence-electron chi connectivity index (χ2n) is 8.91. The molecule has 1 atom stereocenters. The van der Waals surface area contributed by atoms with Crippen molar-refractivity contribution in [1.29, 1.82) is 0 Å². The third-order valence-electron chi connectivity index (χ3n) is 6.12. The van der Waals surface area contributed by atoms with Crippen LogP contribution in [0.15, 0.2) is 48.5 Å². The summed E-state index contributed by atoms with van der Waals surface area (Å²) in [4.78, 5) is 22.9. The Labute approximate surface area is 200 Å². The Morgan fingerprint density at radius 1 is 1.06 bits per heavy atom. The molecule has 2 aromatic carbocycles. The first kappa shape index (κ1) is 23.7. The molecule has 178 valence electrons. The molecule has 0 saturated carbocycles. The van der Waals surface area contributed by atoms with Gasteiger partial charge in [0.05, 0.1) is 17.1 Å². The van der Waals surface area contributed by atoms with Gasteiger partial charge in [-0.25, -0.2) is 9.97 Å². The van der Waals surface area contributed by atoms with Gasteiger partial charge in [-0.15, -0.1) is 0 Å². The van der Waals surface area contributed by atoms with Gasteiger partial charge in [-0.05, 0) is 62.4 Å². The summed E-state index contributed by atoms with van der Waals surface area (Å²) in [5, 5.41) is 2.97. The molecule has 0 spiro atoms. The fourth-order valence-electron chi connectivity index (χ4n) is 4.02. The van der Waals surface area contributed by atoms with E-state index in [1.54, 1.807) is 0 Å². The number of amides is 1. The molecule has 4 aromatic rings. The van der Waals surface area contributed by atoms with Gasteiger partial charge >= 0.3 is 0 Å². The number of fused-ring (bicyclic) bond motifs is 2. The van der Waals surface area contributed by atoms with Crippen LogP contribution in [0.2, 0.25) is 0 Å². The molecular weight excluding hydrogens is 426 g/mol. The number of anilines is 1. The summed E-state index contributed by atoms with van der Waals surface area (Å²) in [6.45, 7) is 9.45. The molecule has 3 N–H and O–H groups in total. The zero-order valence-electron chi connectivity index (χ0n) is 20.3. The molecular formula is C27H33N5O2. The van der Waals surface area contributed by atoms with Crippen molar-refractivity contribution in [3.63, 3.8) is 0 Å². The predicted molar refractivity (Wildman–Crippen MR) is 138 cm³/mol. The van der Waals surface area contributed by atoms with Crippen LogP contribution >= 0.6 is 0 Å². The fourth-order valence-corrected chi connectivity index (χ4v) is 4.02. The maximum atomic E-state index is 13.2. The Kier molecular flexibility index (Phi) is 7.12. The van der Waals surface area contributed by atoms with Gasteiger partial charge in [-0.2, -0.15) is 0 Å². The number of hydrogen-bond acceptors (Lipinski definition) is 5. The van der Waals surface area contributed by atoms with Gasteiger partial charge in [0, 0.05) is 18.8 Å². The lowest BCUT2D eigenvalue weighted by atomic mass is 9.99. The highest BCUT2D eigenvalue weighted by atomic mass is 16.5. The van der Waals surface area contributed by atoms with Gasteiger partial charge in [0.25, 0.3) is 5.91 Å². The summed E-state index contributed by atoms with van der Waals surface area (Å²) >= 11 is 0. The molecule has 34 heavy (non-hydrogen) atoms. The minimum absolute atomic E-state index is 0.166. The maximum absolute atomic E-state index is 13.2. The Hall–Kier alpha value is -3.45. The fraction of sp³-hybridized carbons (Fsp3) is 0.370. The van der Waals surface area contributed by atoms with E-state index >= 15 is 0 Å². The number of nitrogens with one attached hydrogen (secondary N) is 1. The Morgan fingerprint density at radius 3 is 2.38 bits per heavy atom. The van der Waals surface area contributed by atoms with Crippen molar-refractivity contribution in [3.8, 4) is 5.69 Å². The molecule has 0 unspecified atom stereocenters. The monoisotopic (exact) mass is 459 g/mol. The molecule has 2 heterocycles. The smallest absolute Gasteiger partial charge is 0.257 e. The van der Waals surface area contributed by atoms with E-state index in [0.29, 0.717) is 48.0 Å². The van der Waals surface area contributed by atoms with Crippen LogP contribution in [0.4, 0.5) is 5.82 Å². The topological polar surface area (TPSA) is 95.1 Å². The molecule has 0 radical (unpaired) electrons. The number of aromatic nitrogens is 3. The van der Waals surface area contributed by atoms with E-state index in [0.717, 1.165) is 23.1 Å². The SMILES string of the molecule is CC[C@@H](C)c1ccc(-n2c(N)c(C(=O)NCCCOC(C)C)c3nc4ccccc4nc32)cc1. The molecule has 0 aliphatic carbocycles. The molecule has 0 fully saturated rings. The normalized spacial score (nSPS) is 12.5. The zero-order valence-corrected chi connectivity index (χ0v) is 20.3. The van der Waals surface area contributed by atoms with Gasteiger partial charge in [0.1, 0.15) is 16.9 Å². The number of carbonyl (C=O) groups excluding carboxylic acids is 1. The van der Waals surface area contributed by atoms with Gasteiger partial charge in [0.2, 0.25) is 0 Å².